The first-order chi connectivity index (χ1) is 11.6. The van der Waals surface area contributed by atoms with Crippen LogP contribution in [0.3, 0.4) is 0 Å². The summed E-state index contributed by atoms with van der Waals surface area (Å²) in [6.07, 6.45) is 2.69. The van der Waals surface area contributed by atoms with Crippen molar-refractivity contribution in [1.29, 1.82) is 0 Å². The lowest BCUT2D eigenvalue weighted by molar-refractivity contribution is 0.256. The summed E-state index contributed by atoms with van der Waals surface area (Å²) in [6.45, 7) is 0.526. The highest BCUT2D eigenvalue weighted by Crippen LogP contribution is 2.40. The van der Waals surface area contributed by atoms with Gasteiger partial charge < -0.3 is 0 Å². The fraction of sp³-hybridized carbons (Fsp3) is 0.312. The average molecular weight is 399 g/mol. The first-order valence-electron chi connectivity index (χ1n) is 7.68. The molecule has 1 aliphatic heterocycles. The fourth-order valence-corrected chi connectivity index (χ4v) is 7.48. The van der Waals surface area contributed by atoms with Gasteiger partial charge in [0.15, 0.2) is 0 Å². The van der Waals surface area contributed by atoms with E-state index in [0.717, 1.165) is 45.8 Å². The third kappa shape index (κ3) is 2.88. The second-order valence-corrected chi connectivity index (χ2v) is 10.6. The molecule has 1 atom stereocenters. The molecule has 0 spiro atoms. The number of halogens is 1. The second kappa shape index (κ2) is 6.38. The molecular formula is C16H15ClN2O2S3. The molecule has 1 fully saturated rings. The quantitative estimate of drug-likeness (QED) is 0.628. The Morgan fingerprint density at radius 3 is 2.71 bits per heavy atom. The van der Waals surface area contributed by atoms with Crippen molar-refractivity contribution in [2.24, 2.45) is 0 Å². The molecule has 0 N–H and O–H groups in total. The molecule has 126 valence electrons. The predicted molar refractivity (Wildman–Crippen MR) is 99.4 cm³/mol. The van der Waals surface area contributed by atoms with E-state index in [1.807, 2.05) is 24.3 Å². The third-order valence-corrected chi connectivity index (χ3v) is 8.91. The Labute approximate surface area is 153 Å². The summed E-state index contributed by atoms with van der Waals surface area (Å²) >= 11 is 8.63. The predicted octanol–water partition coefficient (Wildman–Crippen LogP) is 4.93. The van der Waals surface area contributed by atoms with Crippen molar-refractivity contribution < 1.29 is 8.42 Å². The zero-order valence-electron chi connectivity index (χ0n) is 12.7. The van der Waals surface area contributed by atoms with E-state index in [1.165, 1.54) is 0 Å². The Kier molecular flexibility index (Phi) is 4.38. The highest BCUT2D eigenvalue weighted by molar-refractivity contribution is 7.91. The van der Waals surface area contributed by atoms with Crippen molar-refractivity contribution in [2.45, 2.75) is 29.5 Å². The molecule has 0 amide bonds. The number of hydrogen-bond donors (Lipinski definition) is 0. The molecule has 0 aliphatic carbocycles. The van der Waals surface area contributed by atoms with Crippen molar-refractivity contribution in [3.63, 3.8) is 0 Å². The number of sulfonamides is 1. The van der Waals surface area contributed by atoms with Crippen LogP contribution in [0.2, 0.25) is 4.34 Å². The van der Waals surface area contributed by atoms with Gasteiger partial charge in [-0.1, -0.05) is 30.2 Å². The summed E-state index contributed by atoms with van der Waals surface area (Å²) in [5.74, 6) is 0. The van der Waals surface area contributed by atoms with Crippen LogP contribution in [0.4, 0.5) is 0 Å². The van der Waals surface area contributed by atoms with Crippen LogP contribution in [0.15, 0.2) is 40.6 Å². The number of benzene rings is 1. The molecule has 1 aliphatic rings. The molecule has 1 aromatic carbocycles. The molecule has 0 bridgehead atoms. The van der Waals surface area contributed by atoms with Crippen LogP contribution in [0.1, 0.15) is 30.3 Å². The summed E-state index contributed by atoms with van der Waals surface area (Å²) < 4.78 is 29.6. The zero-order chi connectivity index (χ0) is 16.7. The second-order valence-electron chi connectivity index (χ2n) is 5.71. The number of nitrogens with zero attached hydrogens (tertiary/aromatic N) is 2. The number of aromatic nitrogens is 1. The minimum atomic E-state index is -3.54. The summed E-state index contributed by atoms with van der Waals surface area (Å²) in [5, 5.41) is 0.877. The molecule has 4 rings (SSSR count). The first-order valence-corrected chi connectivity index (χ1v) is 11.1. The Hall–Kier alpha value is -0.990. The number of para-hydroxylation sites is 1. The molecule has 0 saturated carbocycles. The van der Waals surface area contributed by atoms with Crippen LogP contribution in [0, 0.1) is 0 Å². The lowest BCUT2D eigenvalue weighted by atomic mass is 10.1. The summed E-state index contributed by atoms with van der Waals surface area (Å²) in [4.78, 5) is 4.69. The maximum Gasteiger partial charge on any atom is 0.253 e. The summed E-state index contributed by atoms with van der Waals surface area (Å²) in [7, 11) is -3.54. The van der Waals surface area contributed by atoms with Gasteiger partial charge in [-0.2, -0.15) is 4.31 Å². The molecule has 4 nitrogen and oxygen atoms in total. The minimum Gasteiger partial charge on any atom is -0.239 e. The minimum absolute atomic E-state index is 0.193. The number of fused-ring (bicyclic) bond motifs is 1. The van der Waals surface area contributed by atoms with E-state index >= 15 is 0 Å². The van der Waals surface area contributed by atoms with Gasteiger partial charge in [-0.25, -0.2) is 13.4 Å². The van der Waals surface area contributed by atoms with Gasteiger partial charge in [-0.05, 0) is 37.1 Å². The van der Waals surface area contributed by atoms with Gasteiger partial charge in [0.2, 0.25) is 0 Å². The topological polar surface area (TPSA) is 50.3 Å². The maximum absolute atomic E-state index is 13.1. The number of hydrogen-bond acceptors (Lipinski definition) is 5. The average Bonchev–Trinajstić information content (AvgIpc) is 3.21. The monoisotopic (exact) mass is 398 g/mol. The van der Waals surface area contributed by atoms with Gasteiger partial charge in [0, 0.05) is 6.54 Å². The van der Waals surface area contributed by atoms with E-state index in [4.69, 9.17) is 11.6 Å². The SMILES string of the molecule is O=S(=O)(c1ccc(Cl)s1)N1CCCC[C@H]1c1nc2ccccc2s1. The van der Waals surface area contributed by atoms with Gasteiger partial charge in [-0.15, -0.1) is 22.7 Å². The van der Waals surface area contributed by atoms with Crippen LogP contribution in [-0.4, -0.2) is 24.3 Å². The fourth-order valence-electron chi connectivity index (χ4n) is 3.02. The van der Waals surface area contributed by atoms with E-state index in [2.05, 4.69) is 4.98 Å². The van der Waals surface area contributed by atoms with E-state index < -0.39 is 10.0 Å². The van der Waals surface area contributed by atoms with Crippen LogP contribution in [0.5, 0.6) is 0 Å². The van der Waals surface area contributed by atoms with E-state index in [-0.39, 0.29) is 6.04 Å². The highest BCUT2D eigenvalue weighted by atomic mass is 35.5. The lowest BCUT2D eigenvalue weighted by Gasteiger charge is -2.32. The Morgan fingerprint density at radius 2 is 1.96 bits per heavy atom. The number of rotatable bonds is 3. The normalized spacial score (nSPS) is 19.8. The van der Waals surface area contributed by atoms with E-state index in [0.29, 0.717) is 15.1 Å². The van der Waals surface area contributed by atoms with Crippen LogP contribution in [0.25, 0.3) is 10.2 Å². The molecule has 0 radical (unpaired) electrons. The van der Waals surface area contributed by atoms with Crippen molar-refractivity contribution in [1.82, 2.24) is 9.29 Å². The molecule has 3 heterocycles. The molecular weight excluding hydrogens is 384 g/mol. The van der Waals surface area contributed by atoms with Crippen molar-refractivity contribution >= 4 is 54.5 Å². The molecule has 0 unspecified atom stereocenters. The van der Waals surface area contributed by atoms with Gasteiger partial charge in [0.1, 0.15) is 9.22 Å². The van der Waals surface area contributed by atoms with Crippen LogP contribution in [-0.2, 0) is 10.0 Å². The van der Waals surface area contributed by atoms with E-state index in [9.17, 15) is 8.42 Å². The van der Waals surface area contributed by atoms with Gasteiger partial charge >= 0.3 is 0 Å². The Bertz CT molecular complexity index is 947. The molecule has 1 saturated heterocycles. The smallest absolute Gasteiger partial charge is 0.239 e. The summed E-state index contributed by atoms with van der Waals surface area (Å²) in [6, 6.07) is 11.0. The van der Waals surface area contributed by atoms with E-state index in [1.54, 1.807) is 27.8 Å². The van der Waals surface area contributed by atoms with Crippen molar-refractivity contribution in [3.05, 3.63) is 45.7 Å². The van der Waals surface area contributed by atoms with Crippen molar-refractivity contribution in [2.75, 3.05) is 6.54 Å². The molecule has 8 heteroatoms. The molecule has 2 aromatic heterocycles. The van der Waals surface area contributed by atoms with Crippen LogP contribution >= 0.6 is 34.3 Å². The number of thiophene rings is 1. The first kappa shape index (κ1) is 16.5. The molecule has 3 aromatic rings. The van der Waals surface area contributed by atoms with Gasteiger partial charge in [-0.3, -0.25) is 0 Å². The summed E-state index contributed by atoms with van der Waals surface area (Å²) in [5.41, 5.74) is 0.930. The molecule has 24 heavy (non-hydrogen) atoms. The number of thiazole rings is 1. The third-order valence-electron chi connectivity index (χ3n) is 4.16. The van der Waals surface area contributed by atoms with Gasteiger partial charge in [0.05, 0.1) is 20.6 Å². The van der Waals surface area contributed by atoms with Crippen molar-refractivity contribution in [3.8, 4) is 0 Å². The Morgan fingerprint density at radius 1 is 1.12 bits per heavy atom. The standard InChI is InChI=1S/C16H15ClN2O2S3/c17-14-8-9-15(23-14)24(20,21)19-10-4-3-6-12(19)16-18-11-5-1-2-7-13(11)22-16/h1-2,5,7-9,12H,3-4,6,10H2/t12-/m0/s1. The largest absolute Gasteiger partial charge is 0.253 e. The van der Waals surface area contributed by atoms with Gasteiger partial charge in [0.25, 0.3) is 10.0 Å². The Balaban J connectivity index is 1.75. The van der Waals surface area contributed by atoms with Crippen LogP contribution < -0.4 is 0 Å². The number of piperidine rings is 1. The maximum atomic E-state index is 13.1. The highest BCUT2D eigenvalue weighted by Gasteiger charge is 2.36. The lowest BCUT2D eigenvalue weighted by Crippen LogP contribution is -2.38. The zero-order valence-corrected chi connectivity index (χ0v) is 15.9.